The maximum atomic E-state index is 10.5. The molecule has 0 aliphatic heterocycles. The number of carboxylic acids is 1. The minimum absolute atomic E-state index is 0.365. The van der Waals surface area contributed by atoms with Crippen molar-refractivity contribution in [3.05, 3.63) is 0 Å². The minimum Gasteiger partial charge on any atom is -0.480 e. The summed E-state index contributed by atoms with van der Waals surface area (Å²) in [4.78, 5) is 10.5. The summed E-state index contributed by atoms with van der Waals surface area (Å²) in [6, 6.07) is -0.369. The minimum atomic E-state index is -0.937. The van der Waals surface area contributed by atoms with Crippen molar-refractivity contribution in [2.45, 2.75) is 58.0 Å². The van der Waals surface area contributed by atoms with Crippen molar-refractivity contribution in [1.29, 1.82) is 0 Å². The van der Waals surface area contributed by atoms with E-state index in [9.17, 15) is 4.79 Å². The summed E-state index contributed by atoms with van der Waals surface area (Å²) in [5.41, 5.74) is 5.43. The Morgan fingerprint density at radius 2 is 2.00 bits per heavy atom. The summed E-state index contributed by atoms with van der Waals surface area (Å²) < 4.78 is 0. The Hall–Kier alpha value is -0.610. The van der Waals surface area contributed by atoms with Crippen molar-refractivity contribution in [3.63, 3.8) is 0 Å². The summed E-state index contributed by atoms with van der Waals surface area (Å²) in [6.07, 6.45) is 5.67. The van der Waals surface area contributed by atoms with Gasteiger partial charge in [-0.25, -0.2) is 0 Å². The number of unbranched alkanes of at least 4 members (excludes halogenated alkanes) is 1. The van der Waals surface area contributed by atoms with Crippen molar-refractivity contribution < 1.29 is 9.90 Å². The van der Waals surface area contributed by atoms with E-state index >= 15 is 0 Å². The Kier molecular flexibility index (Phi) is 8.33. The molecule has 0 saturated heterocycles. The molecule has 0 aliphatic rings. The molecule has 0 radical (unpaired) electrons. The van der Waals surface area contributed by atoms with Crippen molar-refractivity contribution in [3.8, 4) is 0 Å². The molecule has 2 unspecified atom stereocenters. The molecule has 0 fully saturated rings. The van der Waals surface area contributed by atoms with Gasteiger partial charge >= 0.3 is 5.97 Å². The molecule has 0 saturated carbocycles. The summed E-state index contributed by atoms with van der Waals surface area (Å²) in [7, 11) is 0. The zero-order valence-corrected chi connectivity index (χ0v) is 9.83. The fourth-order valence-corrected chi connectivity index (χ4v) is 1.53. The first kappa shape index (κ1) is 14.4. The van der Waals surface area contributed by atoms with Gasteiger partial charge in [0.15, 0.2) is 0 Å². The van der Waals surface area contributed by atoms with E-state index in [-0.39, 0.29) is 0 Å². The molecule has 15 heavy (non-hydrogen) atoms. The van der Waals surface area contributed by atoms with Crippen LogP contribution in [0.2, 0.25) is 0 Å². The normalized spacial score (nSPS) is 14.9. The second-order valence-corrected chi connectivity index (χ2v) is 3.98. The lowest BCUT2D eigenvalue weighted by Gasteiger charge is -2.19. The molecule has 0 heterocycles. The molecule has 0 aromatic heterocycles. The largest absolute Gasteiger partial charge is 0.480 e. The standard InChI is InChI=1S/C11H24N2O2/c1-3-5-7-9(6-4-2)13-8-10(12)11(14)15/h9-10,13H,3-8,12H2,1-2H3,(H,14,15). The monoisotopic (exact) mass is 216 g/mol. The first-order valence-corrected chi connectivity index (χ1v) is 5.83. The van der Waals surface area contributed by atoms with E-state index in [1.165, 1.54) is 12.8 Å². The predicted octanol–water partition coefficient (Wildman–Crippen LogP) is 1.35. The summed E-state index contributed by atoms with van der Waals surface area (Å²) in [5.74, 6) is -0.937. The number of nitrogens with one attached hydrogen (secondary N) is 1. The van der Waals surface area contributed by atoms with E-state index in [0.717, 1.165) is 19.3 Å². The molecule has 2 atom stereocenters. The average molecular weight is 216 g/mol. The molecule has 0 aliphatic carbocycles. The SMILES string of the molecule is CCCCC(CCC)NCC(N)C(=O)O. The van der Waals surface area contributed by atoms with Crippen LogP contribution in [0.25, 0.3) is 0 Å². The van der Waals surface area contributed by atoms with Crippen LogP contribution in [0.4, 0.5) is 0 Å². The van der Waals surface area contributed by atoms with E-state index in [1.807, 2.05) is 0 Å². The Bertz CT molecular complexity index is 174. The lowest BCUT2D eigenvalue weighted by atomic mass is 10.0. The molecule has 0 amide bonds. The molecular formula is C11H24N2O2. The summed E-state index contributed by atoms with van der Waals surface area (Å²) in [6.45, 7) is 4.66. The van der Waals surface area contributed by atoms with E-state index in [2.05, 4.69) is 19.2 Å². The lowest BCUT2D eigenvalue weighted by molar-refractivity contribution is -0.138. The highest BCUT2D eigenvalue weighted by molar-refractivity contribution is 5.73. The Labute approximate surface area is 92.2 Å². The maximum Gasteiger partial charge on any atom is 0.321 e. The van der Waals surface area contributed by atoms with E-state index < -0.39 is 12.0 Å². The molecule has 0 rings (SSSR count). The molecule has 0 spiro atoms. The quantitative estimate of drug-likeness (QED) is 0.544. The van der Waals surface area contributed by atoms with Gasteiger partial charge in [-0.3, -0.25) is 4.79 Å². The van der Waals surface area contributed by atoms with Crippen LogP contribution in [0.3, 0.4) is 0 Å². The Morgan fingerprint density at radius 3 is 2.47 bits per heavy atom. The first-order valence-electron chi connectivity index (χ1n) is 5.83. The van der Waals surface area contributed by atoms with E-state index in [0.29, 0.717) is 12.6 Å². The second kappa shape index (κ2) is 8.68. The van der Waals surface area contributed by atoms with Crippen molar-refractivity contribution in [2.24, 2.45) is 5.73 Å². The van der Waals surface area contributed by atoms with Crippen molar-refractivity contribution in [1.82, 2.24) is 5.32 Å². The third kappa shape index (κ3) is 7.33. The summed E-state index contributed by atoms with van der Waals surface area (Å²) >= 11 is 0. The number of carbonyl (C=O) groups is 1. The molecule has 0 aromatic carbocycles. The highest BCUT2D eigenvalue weighted by atomic mass is 16.4. The third-order valence-electron chi connectivity index (χ3n) is 2.49. The third-order valence-corrected chi connectivity index (χ3v) is 2.49. The van der Waals surface area contributed by atoms with Gasteiger partial charge in [-0.2, -0.15) is 0 Å². The number of nitrogens with two attached hydrogens (primary N) is 1. The Morgan fingerprint density at radius 1 is 1.33 bits per heavy atom. The average Bonchev–Trinajstić information content (AvgIpc) is 2.21. The maximum absolute atomic E-state index is 10.5. The van der Waals surface area contributed by atoms with Crippen LogP contribution in [-0.4, -0.2) is 29.7 Å². The van der Waals surface area contributed by atoms with Gasteiger partial charge in [0.25, 0.3) is 0 Å². The zero-order valence-electron chi connectivity index (χ0n) is 9.83. The van der Waals surface area contributed by atoms with Gasteiger partial charge in [-0.15, -0.1) is 0 Å². The molecule has 0 bridgehead atoms. The number of hydrogen-bond donors (Lipinski definition) is 3. The summed E-state index contributed by atoms with van der Waals surface area (Å²) in [5, 5.41) is 11.9. The fourth-order valence-electron chi connectivity index (χ4n) is 1.53. The Balaban J connectivity index is 3.78. The van der Waals surface area contributed by atoms with Gasteiger partial charge < -0.3 is 16.2 Å². The van der Waals surface area contributed by atoms with Crippen LogP contribution >= 0.6 is 0 Å². The van der Waals surface area contributed by atoms with Crippen molar-refractivity contribution in [2.75, 3.05) is 6.54 Å². The van der Waals surface area contributed by atoms with Crippen LogP contribution < -0.4 is 11.1 Å². The van der Waals surface area contributed by atoms with E-state index in [1.54, 1.807) is 0 Å². The number of hydrogen-bond acceptors (Lipinski definition) is 3. The van der Waals surface area contributed by atoms with Gasteiger partial charge in [-0.05, 0) is 12.8 Å². The van der Waals surface area contributed by atoms with Gasteiger partial charge in [-0.1, -0.05) is 33.1 Å². The van der Waals surface area contributed by atoms with Gasteiger partial charge in [0.1, 0.15) is 6.04 Å². The number of aliphatic carboxylic acids is 1. The molecule has 90 valence electrons. The number of carboxylic acid groups (broad SMARTS) is 1. The van der Waals surface area contributed by atoms with Crippen LogP contribution in [0, 0.1) is 0 Å². The molecule has 0 aromatic rings. The number of rotatable bonds is 9. The fraction of sp³-hybridized carbons (Fsp3) is 0.909. The van der Waals surface area contributed by atoms with Crippen LogP contribution in [0.1, 0.15) is 46.0 Å². The predicted molar refractivity (Wildman–Crippen MR) is 61.8 cm³/mol. The molecule has 4 nitrogen and oxygen atoms in total. The highest BCUT2D eigenvalue weighted by Gasteiger charge is 2.13. The topological polar surface area (TPSA) is 75.3 Å². The molecule has 4 heteroatoms. The van der Waals surface area contributed by atoms with Crippen molar-refractivity contribution >= 4 is 5.97 Å². The highest BCUT2D eigenvalue weighted by Crippen LogP contribution is 2.06. The molecular weight excluding hydrogens is 192 g/mol. The zero-order chi connectivity index (χ0) is 11.7. The van der Waals surface area contributed by atoms with Gasteiger partial charge in [0, 0.05) is 12.6 Å². The van der Waals surface area contributed by atoms with E-state index in [4.69, 9.17) is 10.8 Å². The van der Waals surface area contributed by atoms with Gasteiger partial charge in [0.05, 0.1) is 0 Å². The second-order valence-electron chi connectivity index (χ2n) is 3.98. The van der Waals surface area contributed by atoms with Crippen LogP contribution in [0.15, 0.2) is 0 Å². The van der Waals surface area contributed by atoms with Crippen LogP contribution in [-0.2, 0) is 4.79 Å². The lowest BCUT2D eigenvalue weighted by Crippen LogP contribution is -2.44. The van der Waals surface area contributed by atoms with Crippen LogP contribution in [0.5, 0.6) is 0 Å². The molecule has 4 N–H and O–H groups in total. The van der Waals surface area contributed by atoms with Gasteiger partial charge in [0.2, 0.25) is 0 Å². The smallest absolute Gasteiger partial charge is 0.321 e. The first-order chi connectivity index (χ1) is 7.11.